The summed E-state index contributed by atoms with van der Waals surface area (Å²) in [6.45, 7) is 3.81. The van der Waals surface area contributed by atoms with Gasteiger partial charge in [-0.1, -0.05) is 12.1 Å². The average molecular weight is 326 g/mol. The number of carbonyl (C=O) groups is 3. The summed E-state index contributed by atoms with van der Waals surface area (Å²) in [5, 5.41) is 5.00. The van der Waals surface area contributed by atoms with E-state index in [1.54, 1.807) is 30.3 Å². The maximum atomic E-state index is 12.0. The number of esters is 1. The molecule has 0 bridgehead atoms. The van der Waals surface area contributed by atoms with Crippen molar-refractivity contribution < 1.29 is 19.1 Å². The number of ether oxygens (including phenoxy) is 1. The summed E-state index contributed by atoms with van der Waals surface area (Å²) in [6.07, 6.45) is 0. The van der Waals surface area contributed by atoms with Gasteiger partial charge >= 0.3 is 17.8 Å². The summed E-state index contributed by atoms with van der Waals surface area (Å²) >= 11 is 0. The maximum absolute atomic E-state index is 12.0. The van der Waals surface area contributed by atoms with Crippen LogP contribution >= 0.6 is 0 Å². The van der Waals surface area contributed by atoms with Crippen LogP contribution in [-0.2, 0) is 14.3 Å². The predicted molar refractivity (Wildman–Crippen MR) is 91.0 cm³/mol. The summed E-state index contributed by atoms with van der Waals surface area (Å²) in [6, 6.07) is 11.7. The number of methoxy groups -OCH3 is 1. The fraction of sp³-hybridized carbons (Fsp3) is 0.167. The fourth-order valence-electron chi connectivity index (χ4n) is 2.26. The van der Waals surface area contributed by atoms with Crippen molar-refractivity contribution >= 4 is 29.2 Å². The molecule has 0 spiro atoms. The zero-order valence-corrected chi connectivity index (χ0v) is 13.7. The molecular formula is C18H18N2O4. The van der Waals surface area contributed by atoms with E-state index in [-0.39, 0.29) is 5.56 Å². The molecule has 2 rings (SSSR count). The number of benzene rings is 2. The van der Waals surface area contributed by atoms with Crippen LogP contribution in [0.15, 0.2) is 42.5 Å². The standard InChI is InChI=1S/C18H18N2O4/c1-11-7-12(2)9-15(8-11)20-17(22)16(21)19-14-6-4-5-13(10-14)18(23)24-3/h4-10H,1-3H3,(H,19,21)(H,20,22). The molecule has 0 aromatic heterocycles. The van der Waals surface area contributed by atoms with Gasteiger partial charge in [0.15, 0.2) is 0 Å². The van der Waals surface area contributed by atoms with Crippen LogP contribution in [0.4, 0.5) is 11.4 Å². The molecule has 0 unspecified atom stereocenters. The maximum Gasteiger partial charge on any atom is 0.337 e. The summed E-state index contributed by atoms with van der Waals surface area (Å²) in [4.78, 5) is 35.5. The van der Waals surface area contributed by atoms with Gasteiger partial charge in [0.25, 0.3) is 0 Å². The smallest absolute Gasteiger partial charge is 0.337 e. The Kier molecular flexibility index (Phi) is 5.31. The number of hydrogen-bond donors (Lipinski definition) is 2. The number of carbonyl (C=O) groups excluding carboxylic acids is 3. The molecule has 124 valence electrons. The molecule has 0 aliphatic rings. The Balaban J connectivity index is 2.06. The highest BCUT2D eigenvalue weighted by Crippen LogP contribution is 2.15. The Hall–Kier alpha value is -3.15. The Morgan fingerprint density at radius 3 is 2.00 bits per heavy atom. The summed E-state index contributed by atoms with van der Waals surface area (Å²) in [5.41, 5.74) is 3.13. The molecule has 6 heteroatoms. The van der Waals surface area contributed by atoms with E-state index in [0.717, 1.165) is 11.1 Å². The summed E-state index contributed by atoms with van der Waals surface area (Å²) in [7, 11) is 1.27. The Morgan fingerprint density at radius 2 is 1.42 bits per heavy atom. The van der Waals surface area contributed by atoms with Crippen molar-refractivity contribution in [2.75, 3.05) is 17.7 Å². The fourth-order valence-corrected chi connectivity index (χ4v) is 2.26. The van der Waals surface area contributed by atoms with Gasteiger partial charge in [-0.05, 0) is 55.3 Å². The lowest BCUT2D eigenvalue weighted by Crippen LogP contribution is -2.29. The Bertz CT molecular complexity index is 779. The highest BCUT2D eigenvalue weighted by Gasteiger charge is 2.15. The highest BCUT2D eigenvalue weighted by atomic mass is 16.5. The lowest BCUT2D eigenvalue weighted by molar-refractivity contribution is -0.132. The average Bonchev–Trinajstić information content (AvgIpc) is 2.53. The second-order valence-electron chi connectivity index (χ2n) is 5.36. The van der Waals surface area contributed by atoms with Crippen LogP contribution in [0.3, 0.4) is 0 Å². The minimum atomic E-state index is -0.823. The third-order valence-corrected chi connectivity index (χ3v) is 3.23. The van der Waals surface area contributed by atoms with Gasteiger partial charge in [-0.3, -0.25) is 9.59 Å². The van der Waals surface area contributed by atoms with Crippen molar-refractivity contribution in [2.24, 2.45) is 0 Å². The van der Waals surface area contributed by atoms with Crippen LogP contribution in [0.5, 0.6) is 0 Å². The number of anilines is 2. The lowest BCUT2D eigenvalue weighted by atomic mass is 10.1. The molecule has 0 aliphatic carbocycles. The van der Waals surface area contributed by atoms with Gasteiger partial charge in [0.1, 0.15) is 0 Å². The second-order valence-corrected chi connectivity index (χ2v) is 5.36. The van der Waals surface area contributed by atoms with E-state index in [0.29, 0.717) is 11.4 Å². The first kappa shape index (κ1) is 17.2. The molecular weight excluding hydrogens is 308 g/mol. The van der Waals surface area contributed by atoms with Crippen molar-refractivity contribution in [3.05, 3.63) is 59.2 Å². The first-order valence-corrected chi connectivity index (χ1v) is 7.28. The number of amides is 2. The van der Waals surface area contributed by atoms with Crippen LogP contribution in [0.1, 0.15) is 21.5 Å². The lowest BCUT2D eigenvalue weighted by Gasteiger charge is -2.09. The van der Waals surface area contributed by atoms with Crippen molar-refractivity contribution in [1.82, 2.24) is 0 Å². The molecule has 0 radical (unpaired) electrons. The van der Waals surface area contributed by atoms with E-state index in [4.69, 9.17) is 0 Å². The molecule has 2 amide bonds. The van der Waals surface area contributed by atoms with E-state index < -0.39 is 17.8 Å². The van der Waals surface area contributed by atoms with Crippen LogP contribution in [0, 0.1) is 13.8 Å². The molecule has 2 N–H and O–H groups in total. The molecule has 0 atom stereocenters. The second kappa shape index (κ2) is 7.41. The van der Waals surface area contributed by atoms with Crippen LogP contribution in [-0.4, -0.2) is 24.9 Å². The number of hydrogen-bond acceptors (Lipinski definition) is 4. The van der Waals surface area contributed by atoms with E-state index in [2.05, 4.69) is 15.4 Å². The first-order valence-electron chi connectivity index (χ1n) is 7.28. The van der Waals surface area contributed by atoms with Crippen molar-refractivity contribution in [1.29, 1.82) is 0 Å². The third-order valence-electron chi connectivity index (χ3n) is 3.23. The third kappa shape index (κ3) is 4.42. The van der Waals surface area contributed by atoms with E-state index in [1.807, 2.05) is 19.9 Å². The molecule has 0 aliphatic heterocycles. The van der Waals surface area contributed by atoms with Crippen LogP contribution in [0.25, 0.3) is 0 Å². The van der Waals surface area contributed by atoms with Crippen LogP contribution < -0.4 is 10.6 Å². The number of nitrogens with one attached hydrogen (secondary N) is 2. The molecule has 0 heterocycles. The molecule has 24 heavy (non-hydrogen) atoms. The molecule has 0 fully saturated rings. The first-order chi connectivity index (χ1) is 11.4. The van der Waals surface area contributed by atoms with E-state index >= 15 is 0 Å². The van der Waals surface area contributed by atoms with Crippen molar-refractivity contribution in [3.63, 3.8) is 0 Å². The molecule has 0 saturated carbocycles. The predicted octanol–water partition coefficient (Wildman–Crippen LogP) is 2.67. The van der Waals surface area contributed by atoms with Gasteiger partial charge in [-0.15, -0.1) is 0 Å². The van der Waals surface area contributed by atoms with Gasteiger partial charge in [0, 0.05) is 11.4 Å². The molecule has 2 aromatic carbocycles. The Labute approximate surface area is 139 Å². The minimum absolute atomic E-state index is 0.282. The monoisotopic (exact) mass is 326 g/mol. The van der Waals surface area contributed by atoms with Gasteiger partial charge in [0.2, 0.25) is 0 Å². The van der Waals surface area contributed by atoms with Gasteiger partial charge in [-0.2, -0.15) is 0 Å². The largest absolute Gasteiger partial charge is 0.465 e. The number of rotatable bonds is 3. The molecule has 6 nitrogen and oxygen atoms in total. The van der Waals surface area contributed by atoms with Gasteiger partial charge in [-0.25, -0.2) is 4.79 Å². The SMILES string of the molecule is COC(=O)c1cccc(NC(=O)C(=O)Nc2cc(C)cc(C)c2)c1. The van der Waals surface area contributed by atoms with Gasteiger partial charge < -0.3 is 15.4 Å². The van der Waals surface area contributed by atoms with E-state index in [1.165, 1.54) is 13.2 Å². The Morgan fingerprint density at radius 1 is 0.833 bits per heavy atom. The highest BCUT2D eigenvalue weighted by molar-refractivity contribution is 6.43. The van der Waals surface area contributed by atoms with E-state index in [9.17, 15) is 14.4 Å². The van der Waals surface area contributed by atoms with Crippen LogP contribution in [0.2, 0.25) is 0 Å². The molecule has 0 saturated heterocycles. The normalized spacial score (nSPS) is 9.96. The zero-order valence-electron chi connectivity index (χ0n) is 13.7. The summed E-state index contributed by atoms with van der Waals surface area (Å²) in [5.74, 6) is -2.13. The van der Waals surface area contributed by atoms with Gasteiger partial charge in [0.05, 0.1) is 12.7 Å². The number of aryl methyl sites for hydroxylation is 2. The van der Waals surface area contributed by atoms with Crippen molar-refractivity contribution in [2.45, 2.75) is 13.8 Å². The zero-order chi connectivity index (χ0) is 17.7. The van der Waals surface area contributed by atoms with Crippen molar-refractivity contribution in [3.8, 4) is 0 Å². The molecule has 2 aromatic rings. The topological polar surface area (TPSA) is 84.5 Å². The quantitative estimate of drug-likeness (QED) is 0.671. The minimum Gasteiger partial charge on any atom is -0.465 e. The summed E-state index contributed by atoms with van der Waals surface area (Å²) < 4.78 is 4.61.